The number of rotatable bonds is 3. The molecule has 0 aliphatic rings. The van der Waals surface area contributed by atoms with E-state index in [-0.39, 0.29) is 0 Å². The van der Waals surface area contributed by atoms with E-state index in [4.69, 9.17) is 12.2 Å². The lowest BCUT2D eigenvalue weighted by Crippen LogP contribution is -2.05. The lowest BCUT2D eigenvalue weighted by Gasteiger charge is -2.09. The summed E-state index contributed by atoms with van der Waals surface area (Å²) in [4.78, 5) is 7.57. The molecular weight excluding hydrogens is 266 g/mol. The Bertz CT molecular complexity index is 772. The molecule has 3 rings (SSSR count). The zero-order valence-electron chi connectivity index (χ0n) is 11.2. The van der Waals surface area contributed by atoms with E-state index in [1.807, 2.05) is 36.7 Å². The number of H-pyrrole nitrogens is 1. The first-order valence-electron chi connectivity index (χ1n) is 6.50. The number of pyridine rings is 1. The zero-order valence-corrected chi connectivity index (χ0v) is 12.0. The molecule has 0 aliphatic heterocycles. The first-order valence-corrected chi connectivity index (χ1v) is 6.90. The maximum atomic E-state index is 5.39. The smallest absolute Gasteiger partial charge is 0.177 e. The molecule has 1 aromatic carbocycles. The van der Waals surface area contributed by atoms with Crippen LogP contribution in [0.3, 0.4) is 0 Å². The third kappa shape index (κ3) is 2.42. The van der Waals surface area contributed by atoms with Crippen LogP contribution in [0, 0.1) is 11.7 Å². The first kappa shape index (κ1) is 12.8. The molecule has 2 heterocycles. The van der Waals surface area contributed by atoms with Gasteiger partial charge >= 0.3 is 0 Å². The van der Waals surface area contributed by atoms with E-state index in [1.165, 1.54) is 5.56 Å². The number of benzene rings is 1. The lowest BCUT2D eigenvalue weighted by atomic mass is 10.1. The summed E-state index contributed by atoms with van der Waals surface area (Å²) in [6.45, 7) is 2.75. The summed E-state index contributed by atoms with van der Waals surface area (Å²) in [7, 11) is 0. The van der Waals surface area contributed by atoms with Gasteiger partial charge in [0.2, 0.25) is 0 Å². The van der Waals surface area contributed by atoms with E-state index in [1.54, 1.807) is 0 Å². The molecule has 0 fully saturated rings. The van der Waals surface area contributed by atoms with Gasteiger partial charge in [-0.3, -0.25) is 4.98 Å². The summed E-state index contributed by atoms with van der Waals surface area (Å²) in [6.07, 6.45) is 3.77. The minimum absolute atomic E-state index is 0.680. The van der Waals surface area contributed by atoms with Crippen molar-refractivity contribution in [2.75, 3.05) is 0 Å². The van der Waals surface area contributed by atoms with Gasteiger partial charge in [-0.25, -0.2) is 0 Å². The second-order valence-corrected chi connectivity index (χ2v) is 5.08. The van der Waals surface area contributed by atoms with Crippen molar-refractivity contribution in [1.82, 2.24) is 14.5 Å². The van der Waals surface area contributed by atoms with E-state index < -0.39 is 0 Å². The highest BCUT2D eigenvalue weighted by Crippen LogP contribution is 2.20. The molecule has 3 nitrogen and oxygen atoms in total. The number of hydrogen-bond donors (Lipinski definition) is 1. The van der Waals surface area contributed by atoms with Gasteiger partial charge in [-0.1, -0.05) is 36.4 Å². The summed E-state index contributed by atoms with van der Waals surface area (Å²) in [5, 5.41) is 0. The molecule has 20 heavy (non-hydrogen) atoms. The van der Waals surface area contributed by atoms with Crippen LogP contribution in [-0.2, 0) is 6.54 Å². The van der Waals surface area contributed by atoms with Crippen LogP contribution < -0.4 is 0 Å². The number of aromatic amines is 1. The van der Waals surface area contributed by atoms with Crippen molar-refractivity contribution in [2.24, 2.45) is 0 Å². The van der Waals surface area contributed by atoms with Crippen molar-refractivity contribution in [3.8, 4) is 11.3 Å². The van der Waals surface area contributed by atoms with Crippen LogP contribution in [0.2, 0.25) is 0 Å². The Labute approximate surface area is 122 Å². The molecule has 0 saturated carbocycles. The van der Waals surface area contributed by atoms with Gasteiger partial charge in [-0.2, -0.15) is 0 Å². The summed E-state index contributed by atoms with van der Waals surface area (Å²) in [6, 6.07) is 14.3. The Kier molecular flexibility index (Phi) is 3.48. The minimum Gasteiger partial charge on any atom is -0.337 e. The normalized spacial score (nSPS) is 10.7. The van der Waals surface area contributed by atoms with E-state index in [0.717, 1.165) is 17.0 Å². The molecule has 2 aromatic heterocycles. The molecule has 3 aromatic rings. The molecule has 0 aliphatic carbocycles. The van der Waals surface area contributed by atoms with Crippen LogP contribution in [0.25, 0.3) is 11.3 Å². The summed E-state index contributed by atoms with van der Waals surface area (Å²) in [5.74, 6) is 0. The topological polar surface area (TPSA) is 33.6 Å². The van der Waals surface area contributed by atoms with E-state index in [2.05, 4.69) is 39.7 Å². The summed E-state index contributed by atoms with van der Waals surface area (Å²) < 4.78 is 2.80. The number of aromatic nitrogens is 3. The van der Waals surface area contributed by atoms with Crippen molar-refractivity contribution in [1.29, 1.82) is 0 Å². The number of nitrogens with one attached hydrogen (secondary N) is 1. The molecule has 0 amide bonds. The Morgan fingerprint density at radius 3 is 2.70 bits per heavy atom. The molecule has 100 valence electrons. The van der Waals surface area contributed by atoms with Crippen LogP contribution >= 0.6 is 12.2 Å². The van der Waals surface area contributed by atoms with Gasteiger partial charge in [0.1, 0.15) is 0 Å². The molecule has 0 atom stereocenters. The van der Waals surface area contributed by atoms with Crippen molar-refractivity contribution in [3.05, 3.63) is 70.9 Å². The third-order valence-corrected chi connectivity index (χ3v) is 3.70. The number of imidazole rings is 1. The van der Waals surface area contributed by atoms with Crippen LogP contribution in [0.15, 0.2) is 54.9 Å². The highest BCUT2D eigenvalue weighted by molar-refractivity contribution is 7.71. The first-order chi connectivity index (χ1) is 9.75. The fourth-order valence-electron chi connectivity index (χ4n) is 2.23. The molecule has 0 radical (unpaired) electrons. The monoisotopic (exact) mass is 281 g/mol. The molecule has 0 saturated heterocycles. The maximum absolute atomic E-state index is 5.39. The summed E-state index contributed by atoms with van der Waals surface area (Å²) >= 11 is 5.39. The molecule has 0 bridgehead atoms. The third-order valence-electron chi connectivity index (χ3n) is 3.36. The van der Waals surface area contributed by atoms with Gasteiger partial charge in [0.15, 0.2) is 4.77 Å². The largest absolute Gasteiger partial charge is 0.337 e. The molecule has 0 unspecified atom stereocenters. The number of nitrogens with zero attached hydrogens (tertiary/aromatic N) is 2. The van der Waals surface area contributed by atoms with Gasteiger partial charge in [0.05, 0.1) is 17.9 Å². The molecular formula is C16H15N3S. The second kappa shape index (κ2) is 5.43. The Balaban J connectivity index is 2.05. The summed E-state index contributed by atoms with van der Waals surface area (Å²) in [5.41, 5.74) is 4.45. The van der Waals surface area contributed by atoms with Crippen LogP contribution in [0.1, 0.15) is 11.3 Å². The van der Waals surface area contributed by atoms with Crippen LogP contribution in [-0.4, -0.2) is 14.5 Å². The average Bonchev–Trinajstić information content (AvgIpc) is 2.84. The Morgan fingerprint density at radius 2 is 1.95 bits per heavy atom. The van der Waals surface area contributed by atoms with E-state index >= 15 is 0 Å². The van der Waals surface area contributed by atoms with Crippen molar-refractivity contribution < 1.29 is 0 Å². The second-order valence-electron chi connectivity index (χ2n) is 4.70. The van der Waals surface area contributed by atoms with Gasteiger partial charge in [0, 0.05) is 12.4 Å². The zero-order chi connectivity index (χ0) is 13.9. The van der Waals surface area contributed by atoms with Crippen molar-refractivity contribution >= 4 is 12.2 Å². The van der Waals surface area contributed by atoms with E-state index in [9.17, 15) is 0 Å². The molecule has 4 heteroatoms. The Hall–Kier alpha value is -2.20. The van der Waals surface area contributed by atoms with Gasteiger partial charge in [-0.15, -0.1) is 0 Å². The standard InChI is InChI=1S/C16H15N3S/c1-12-6-5-9-17-14(12)11-19-15(10-18-16(19)20)13-7-3-2-4-8-13/h2-10H,11H2,1H3,(H,18,20). The molecule has 1 N–H and O–H groups in total. The lowest BCUT2D eigenvalue weighted by molar-refractivity contribution is 0.762. The predicted molar refractivity (Wildman–Crippen MR) is 83.1 cm³/mol. The van der Waals surface area contributed by atoms with Crippen LogP contribution in [0.5, 0.6) is 0 Å². The van der Waals surface area contributed by atoms with Crippen LogP contribution in [0.4, 0.5) is 0 Å². The average molecular weight is 281 g/mol. The van der Waals surface area contributed by atoms with Crippen molar-refractivity contribution in [3.63, 3.8) is 0 Å². The highest BCUT2D eigenvalue weighted by atomic mass is 32.1. The van der Waals surface area contributed by atoms with Gasteiger partial charge in [-0.05, 0) is 36.3 Å². The molecule has 0 spiro atoms. The fourth-order valence-corrected chi connectivity index (χ4v) is 2.46. The van der Waals surface area contributed by atoms with E-state index in [0.29, 0.717) is 11.3 Å². The quantitative estimate of drug-likeness (QED) is 0.737. The van der Waals surface area contributed by atoms with Gasteiger partial charge in [0.25, 0.3) is 0 Å². The van der Waals surface area contributed by atoms with Crippen molar-refractivity contribution in [2.45, 2.75) is 13.5 Å². The van der Waals surface area contributed by atoms with Gasteiger partial charge < -0.3 is 9.55 Å². The SMILES string of the molecule is Cc1cccnc1Cn1c(-c2ccccc2)c[nH]c1=S. The Morgan fingerprint density at radius 1 is 1.15 bits per heavy atom. The maximum Gasteiger partial charge on any atom is 0.177 e. The highest BCUT2D eigenvalue weighted by Gasteiger charge is 2.08. The number of aryl methyl sites for hydroxylation is 1. The minimum atomic E-state index is 0.680. The number of hydrogen-bond acceptors (Lipinski definition) is 2. The predicted octanol–water partition coefficient (Wildman–Crippen LogP) is 3.96. The fraction of sp³-hybridized carbons (Fsp3) is 0.125.